The predicted octanol–water partition coefficient (Wildman–Crippen LogP) is 4.43. The van der Waals surface area contributed by atoms with Crippen LogP contribution in [0, 0.1) is 0 Å². The summed E-state index contributed by atoms with van der Waals surface area (Å²) in [7, 11) is -4.64. The molecule has 6 aromatic heterocycles. The number of halogens is 1. The fraction of sp³-hybridized carbons (Fsp3) is 0.421. The number of hydrogen-bond acceptors (Lipinski definition) is 18. The van der Waals surface area contributed by atoms with E-state index >= 15 is 0 Å². The molecule has 6 aromatic rings. The maximum absolute atomic E-state index is 11.7. The maximum Gasteiger partial charge on any atom is 0.229 e. The van der Waals surface area contributed by atoms with Gasteiger partial charge in [-0.3, -0.25) is 24.3 Å². The highest BCUT2D eigenvalue weighted by atomic mass is 79.9. The fourth-order valence-electron chi connectivity index (χ4n) is 7.07. The number of pyridine rings is 2. The molecule has 0 atom stereocenters. The monoisotopic (exact) mass is 972 g/mol. The predicted molar refractivity (Wildman–Crippen MR) is 245 cm³/mol. The molecule has 9 heterocycles. The molecule has 0 aromatic carbocycles. The molecule has 324 valence electrons. The Labute approximate surface area is 370 Å². The Bertz CT molecular complexity index is 2740. The number of ether oxygens (including phenoxy) is 2. The van der Waals surface area contributed by atoms with E-state index < -0.39 is 20.0 Å². The van der Waals surface area contributed by atoms with Crippen molar-refractivity contribution in [3.8, 4) is 22.5 Å². The molecule has 3 saturated heterocycles. The number of nitrogens with one attached hydrogen (secondary N) is 2. The van der Waals surface area contributed by atoms with Gasteiger partial charge >= 0.3 is 0 Å². The van der Waals surface area contributed by atoms with E-state index in [1.165, 1.54) is 29.3 Å². The van der Waals surface area contributed by atoms with Gasteiger partial charge in [-0.05, 0) is 40.5 Å². The zero-order valence-electron chi connectivity index (χ0n) is 33.7. The zero-order chi connectivity index (χ0) is 42.7. The standard InChI is InChI=1S/C22H29N7O3S2.C16H16BrN5O3S2/c1-27-3-5-28(6-4-27)14-17-15-33-21-19(16-11-18(13-23-12-16)26-34(2,30)31)24-22(25-20(17)21)29-7-9-32-10-8-29;1-27(23,24)21-11-6-10(7-18-8-11)13-15-14(12(17)9-26-15)20-16(19-13)22-2-4-25-5-3-22/h11-13,15,26H,3-10,14H2,1-2H3;6-9,21H,2-5H2,1H3. The van der Waals surface area contributed by atoms with Gasteiger partial charge in [0, 0.05) is 93.4 Å². The summed E-state index contributed by atoms with van der Waals surface area (Å²) in [5.74, 6) is 1.30. The van der Waals surface area contributed by atoms with Gasteiger partial charge in [0.2, 0.25) is 31.9 Å². The summed E-state index contributed by atoms with van der Waals surface area (Å²) in [6.07, 6.45) is 8.60. The Hall–Kier alpha value is -4.20. The number of likely N-dealkylation sites (N-methyl/N-ethyl adjacent to an activating group) is 1. The second-order valence-electron chi connectivity index (χ2n) is 14.9. The van der Waals surface area contributed by atoms with Crippen molar-refractivity contribution < 1.29 is 26.3 Å². The molecule has 3 aliphatic rings. The maximum atomic E-state index is 11.7. The number of sulfonamides is 2. The molecule has 3 aliphatic heterocycles. The summed E-state index contributed by atoms with van der Waals surface area (Å²) in [5.41, 5.74) is 6.75. The Morgan fingerprint density at radius 3 is 1.64 bits per heavy atom. The third-order valence-electron chi connectivity index (χ3n) is 10.0. The average molecular weight is 974 g/mol. The molecule has 2 N–H and O–H groups in total. The van der Waals surface area contributed by atoms with Crippen LogP contribution in [-0.2, 0) is 36.1 Å². The molecule has 0 spiro atoms. The lowest BCUT2D eigenvalue weighted by Crippen LogP contribution is -2.43. The van der Waals surface area contributed by atoms with E-state index in [-0.39, 0.29) is 0 Å². The van der Waals surface area contributed by atoms with Gasteiger partial charge in [-0.15, -0.1) is 22.7 Å². The van der Waals surface area contributed by atoms with Crippen LogP contribution in [0.2, 0.25) is 0 Å². The van der Waals surface area contributed by atoms with Gasteiger partial charge < -0.3 is 24.2 Å². The topological polar surface area (TPSA) is 201 Å². The van der Waals surface area contributed by atoms with Crippen LogP contribution in [0.3, 0.4) is 0 Å². The molecular formula is C38H45BrN12O6S4. The minimum Gasteiger partial charge on any atom is -0.378 e. The molecule has 0 aliphatic carbocycles. The quantitative estimate of drug-likeness (QED) is 0.195. The molecule has 9 rings (SSSR count). The summed E-state index contributed by atoms with van der Waals surface area (Å²) < 4.78 is 65.3. The Balaban J connectivity index is 0.000000173. The van der Waals surface area contributed by atoms with Crippen molar-refractivity contribution in [3.63, 3.8) is 0 Å². The van der Waals surface area contributed by atoms with E-state index in [1.54, 1.807) is 35.9 Å². The molecule has 0 bridgehead atoms. The summed E-state index contributed by atoms with van der Waals surface area (Å²) in [6, 6.07) is 3.51. The Kier molecular flexibility index (Phi) is 13.3. The van der Waals surface area contributed by atoms with E-state index in [9.17, 15) is 16.8 Å². The van der Waals surface area contributed by atoms with E-state index in [0.717, 1.165) is 119 Å². The van der Waals surface area contributed by atoms with E-state index in [2.05, 4.69) is 67.4 Å². The number of fused-ring (bicyclic) bond motifs is 2. The van der Waals surface area contributed by atoms with Crippen molar-refractivity contribution in [1.82, 2.24) is 39.7 Å². The van der Waals surface area contributed by atoms with E-state index in [0.29, 0.717) is 49.7 Å². The third-order valence-corrected chi connectivity index (χ3v) is 14.2. The highest BCUT2D eigenvalue weighted by Gasteiger charge is 2.24. The van der Waals surface area contributed by atoms with Crippen LogP contribution in [0.4, 0.5) is 23.3 Å². The van der Waals surface area contributed by atoms with Gasteiger partial charge in [0.05, 0.1) is 93.5 Å². The van der Waals surface area contributed by atoms with Crippen LogP contribution in [0.25, 0.3) is 42.9 Å². The van der Waals surface area contributed by atoms with Crippen molar-refractivity contribution in [2.45, 2.75) is 6.54 Å². The van der Waals surface area contributed by atoms with Crippen LogP contribution < -0.4 is 19.2 Å². The third kappa shape index (κ3) is 10.9. The van der Waals surface area contributed by atoms with Crippen LogP contribution >= 0.6 is 38.6 Å². The normalized spacial score (nSPS) is 17.0. The number of thiophene rings is 2. The van der Waals surface area contributed by atoms with Crippen LogP contribution in [0.1, 0.15) is 5.56 Å². The van der Waals surface area contributed by atoms with Gasteiger partial charge in [0.15, 0.2) is 0 Å². The number of piperazine rings is 1. The number of anilines is 4. The van der Waals surface area contributed by atoms with Gasteiger partial charge in [-0.1, -0.05) is 0 Å². The molecule has 61 heavy (non-hydrogen) atoms. The largest absolute Gasteiger partial charge is 0.378 e. The fourth-order valence-corrected chi connectivity index (χ4v) is 10.7. The lowest BCUT2D eigenvalue weighted by atomic mass is 10.1. The SMILES string of the molecule is CN1CCN(Cc2csc3c(-c4cncc(NS(C)(=O)=O)c4)nc(N4CCOCC4)nc23)CC1.CS(=O)(=O)Nc1cncc(-c2nc(N3CCOCC3)nc3c(Br)csc23)c1. The first-order valence-corrected chi connectivity index (χ1v) is 25.8. The van der Waals surface area contributed by atoms with Crippen LogP contribution in [0.5, 0.6) is 0 Å². The molecule has 0 saturated carbocycles. The zero-order valence-corrected chi connectivity index (χ0v) is 38.6. The van der Waals surface area contributed by atoms with Crippen LogP contribution in [0.15, 0.2) is 52.2 Å². The summed E-state index contributed by atoms with van der Waals surface area (Å²) in [6.45, 7) is 10.5. The highest BCUT2D eigenvalue weighted by molar-refractivity contribution is 9.10. The van der Waals surface area contributed by atoms with Crippen molar-refractivity contribution in [3.05, 3.63) is 57.7 Å². The molecular weight excluding hydrogens is 929 g/mol. The summed E-state index contributed by atoms with van der Waals surface area (Å²) >= 11 is 6.71. The first-order chi connectivity index (χ1) is 29.3. The van der Waals surface area contributed by atoms with Crippen molar-refractivity contribution >= 4 is 102 Å². The number of aromatic nitrogens is 6. The second kappa shape index (κ2) is 18.6. The van der Waals surface area contributed by atoms with Crippen molar-refractivity contribution in [1.29, 1.82) is 0 Å². The van der Waals surface area contributed by atoms with Gasteiger partial charge in [-0.25, -0.2) is 36.8 Å². The second-order valence-corrected chi connectivity index (χ2v) is 21.0. The first-order valence-electron chi connectivity index (χ1n) is 19.4. The summed E-state index contributed by atoms with van der Waals surface area (Å²) in [5, 5.41) is 4.15. The molecule has 3 fully saturated rings. The number of nitrogens with zero attached hydrogens (tertiary/aromatic N) is 10. The lowest BCUT2D eigenvalue weighted by molar-refractivity contribution is 0.122. The van der Waals surface area contributed by atoms with Gasteiger partial charge in [0.1, 0.15) is 5.52 Å². The Morgan fingerprint density at radius 1 is 0.656 bits per heavy atom. The average Bonchev–Trinajstić information content (AvgIpc) is 3.83. The number of hydrogen-bond donors (Lipinski definition) is 2. The number of rotatable bonds is 10. The first kappa shape index (κ1) is 43.4. The van der Waals surface area contributed by atoms with Crippen LogP contribution in [-0.4, -0.2) is 155 Å². The molecule has 23 heteroatoms. The Morgan fingerprint density at radius 2 is 1.13 bits per heavy atom. The smallest absolute Gasteiger partial charge is 0.229 e. The minimum atomic E-state index is -3.41. The molecule has 0 radical (unpaired) electrons. The minimum absolute atomic E-state index is 0.394. The van der Waals surface area contributed by atoms with E-state index in [4.69, 9.17) is 29.4 Å². The molecule has 0 unspecified atom stereocenters. The van der Waals surface area contributed by atoms with Crippen molar-refractivity contribution in [2.75, 3.05) is 118 Å². The number of morpholine rings is 2. The van der Waals surface area contributed by atoms with E-state index in [1.807, 2.05) is 5.38 Å². The highest BCUT2D eigenvalue weighted by Crippen LogP contribution is 2.38. The van der Waals surface area contributed by atoms with Crippen molar-refractivity contribution in [2.24, 2.45) is 0 Å². The van der Waals surface area contributed by atoms with Gasteiger partial charge in [-0.2, -0.15) is 0 Å². The summed E-state index contributed by atoms with van der Waals surface area (Å²) in [4.78, 5) is 36.9. The van der Waals surface area contributed by atoms with Gasteiger partial charge in [0.25, 0.3) is 0 Å². The lowest BCUT2D eigenvalue weighted by Gasteiger charge is -2.32. The molecule has 0 amide bonds. The molecule has 18 nitrogen and oxygen atoms in total.